The monoisotopic (exact) mass is 637 g/mol. The number of carbonyl (C=O) groups is 1. The highest BCUT2D eigenvalue weighted by atomic mass is 32.2. The first-order valence-electron chi connectivity index (χ1n) is 15.0. The van der Waals surface area contributed by atoms with Crippen molar-refractivity contribution in [2.45, 2.75) is 52.0 Å². The fourth-order valence-electron chi connectivity index (χ4n) is 5.95. The Balaban J connectivity index is 1.27. The summed E-state index contributed by atoms with van der Waals surface area (Å²) in [6.45, 7) is 3.98. The minimum atomic E-state index is -0.711. The van der Waals surface area contributed by atoms with Crippen molar-refractivity contribution in [1.29, 1.82) is 0 Å². The molecule has 1 saturated carbocycles. The first-order chi connectivity index (χ1) is 22.2. The van der Waals surface area contributed by atoms with E-state index in [-0.39, 0.29) is 17.7 Å². The number of para-hydroxylation sites is 1. The van der Waals surface area contributed by atoms with Crippen molar-refractivity contribution in [3.8, 4) is 17.2 Å². The molecular weight excluding hydrogens is 606 g/mol. The van der Waals surface area contributed by atoms with Crippen molar-refractivity contribution in [3.63, 3.8) is 0 Å². The lowest BCUT2D eigenvalue weighted by Gasteiger charge is -2.30. The van der Waals surface area contributed by atoms with E-state index in [2.05, 4.69) is 4.57 Å². The Bertz CT molecular complexity index is 1880. The van der Waals surface area contributed by atoms with E-state index in [9.17, 15) is 25.0 Å². The Hall–Kier alpha value is -5.23. The van der Waals surface area contributed by atoms with Gasteiger partial charge in [-0.1, -0.05) is 37.5 Å². The van der Waals surface area contributed by atoms with Gasteiger partial charge in [0.25, 0.3) is 11.6 Å². The number of aliphatic imine (C=N–C) groups is 1. The van der Waals surface area contributed by atoms with Gasteiger partial charge in [0.2, 0.25) is 5.75 Å². The second kappa shape index (κ2) is 13.0. The predicted octanol–water partition coefficient (Wildman–Crippen LogP) is 8.64. The molecule has 1 aromatic heterocycles. The third-order valence-electron chi connectivity index (χ3n) is 8.19. The lowest BCUT2D eigenvalue weighted by atomic mass is 9.94. The summed E-state index contributed by atoms with van der Waals surface area (Å²) in [7, 11) is 0. The number of non-ortho nitro benzene ring substituents is 1. The summed E-state index contributed by atoms with van der Waals surface area (Å²) in [5, 5.41) is 23.3. The molecule has 3 aromatic carbocycles. The predicted molar refractivity (Wildman–Crippen MR) is 178 cm³/mol. The molecular formula is C34H31N5O6S. The number of ether oxygens (including phenoxy) is 1. The minimum Gasteiger partial charge on any atom is -0.450 e. The Morgan fingerprint density at radius 3 is 2.30 bits per heavy atom. The van der Waals surface area contributed by atoms with Gasteiger partial charge >= 0.3 is 5.69 Å². The second-order valence-electron chi connectivity index (χ2n) is 11.2. The van der Waals surface area contributed by atoms with Crippen molar-refractivity contribution in [2.24, 2.45) is 4.99 Å². The van der Waals surface area contributed by atoms with E-state index in [4.69, 9.17) is 9.73 Å². The van der Waals surface area contributed by atoms with Gasteiger partial charge in [0.1, 0.15) is 5.75 Å². The van der Waals surface area contributed by atoms with Crippen LogP contribution in [-0.4, -0.2) is 36.4 Å². The number of rotatable bonds is 8. The Kier molecular flexibility index (Phi) is 8.71. The molecule has 0 atom stereocenters. The van der Waals surface area contributed by atoms with Crippen LogP contribution in [0.15, 0.2) is 88.8 Å². The van der Waals surface area contributed by atoms with Crippen molar-refractivity contribution >= 4 is 46.0 Å². The van der Waals surface area contributed by atoms with Crippen molar-refractivity contribution in [3.05, 3.63) is 121 Å². The van der Waals surface area contributed by atoms with Gasteiger partial charge in [-0.3, -0.25) is 29.9 Å². The molecule has 0 unspecified atom stereocenters. The summed E-state index contributed by atoms with van der Waals surface area (Å²) in [4.78, 5) is 42.4. The summed E-state index contributed by atoms with van der Waals surface area (Å²) in [5.41, 5.74) is 3.58. The first kappa shape index (κ1) is 30.8. The van der Waals surface area contributed by atoms with Crippen LogP contribution in [0.3, 0.4) is 0 Å². The molecule has 2 aliphatic rings. The van der Waals surface area contributed by atoms with E-state index in [1.165, 1.54) is 24.2 Å². The van der Waals surface area contributed by atoms with Crippen LogP contribution in [0.25, 0.3) is 11.8 Å². The van der Waals surface area contributed by atoms with E-state index >= 15 is 0 Å². The molecule has 234 valence electrons. The Morgan fingerprint density at radius 1 is 0.913 bits per heavy atom. The molecule has 0 spiro atoms. The van der Waals surface area contributed by atoms with E-state index in [0.29, 0.717) is 15.8 Å². The molecule has 46 heavy (non-hydrogen) atoms. The zero-order valence-corrected chi connectivity index (χ0v) is 26.1. The van der Waals surface area contributed by atoms with E-state index < -0.39 is 21.2 Å². The number of nitrogens with zero attached hydrogens (tertiary/aromatic N) is 5. The summed E-state index contributed by atoms with van der Waals surface area (Å²) in [6.07, 6.45) is 7.29. The van der Waals surface area contributed by atoms with E-state index in [1.54, 1.807) is 12.1 Å². The molecule has 1 aliphatic carbocycles. The highest BCUT2D eigenvalue weighted by Gasteiger charge is 2.39. The second-order valence-corrected chi connectivity index (χ2v) is 12.2. The number of aromatic nitrogens is 1. The van der Waals surface area contributed by atoms with Crippen LogP contribution in [0.4, 0.5) is 17.1 Å². The molecule has 1 amide bonds. The first-order valence-corrected chi connectivity index (χ1v) is 15.8. The SMILES string of the molecule is Cc1cc(/C=C2\SC(=Nc3ccccc3)N(C3CCCCC3)C2=O)c(C)n1-c1ccc(Oc2ccc([N+](=O)[O-])cc2[N+](=O)[O-])cc1. The highest BCUT2D eigenvalue weighted by Crippen LogP contribution is 2.40. The summed E-state index contributed by atoms with van der Waals surface area (Å²) < 4.78 is 7.80. The number of carbonyl (C=O) groups excluding carboxylic acids is 1. The van der Waals surface area contributed by atoms with Gasteiger partial charge in [-0.2, -0.15) is 0 Å². The molecule has 11 nitrogen and oxygen atoms in total. The number of amides is 1. The molecule has 0 bridgehead atoms. The van der Waals surface area contributed by atoms with Gasteiger partial charge in [0.15, 0.2) is 5.17 Å². The highest BCUT2D eigenvalue weighted by molar-refractivity contribution is 8.18. The third-order valence-corrected chi connectivity index (χ3v) is 9.17. The molecule has 2 heterocycles. The lowest BCUT2D eigenvalue weighted by Crippen LogP contribution is -2.40. The number of nitro groups is 2. The van der Waals surface area contributed by atoms with Crippen LogP contribution in [0.1, 0.15) is 49.1 Å². The van der Waals surface area contributed by atoms with Crippen LogP contribution >= 0.6 is 11.8 Å². The smallest absolute Gasteiger partial charge is 0.318 e. The van der Waals surface area contributed by atoms with Gasteiger partial charge in [-0.15, -0.1) is 0 Å². The maximum Gasteiger partial charge on any atom is 0.318 e. The Labute approximate surface area is 269 Å². The zero-order chi connectivity index (χ0) is 32.4. The minimum absolute atomic E-state index is 0.0155. The van der Waals surface area contributed by atoms with Crippen molar-refractivity contribution < 1.29 is 19.4 Å². The maximum atomic E-state index is 13.8. The normalized spacial score (nSPS) is 17.2. The van der Waals surface area contributed by atoms with Gasteiger partial charge in [0.05, 0.1) is 26.5 Å². The molecule has 2 fully saturated rings. The third kappa shape index (κ3) is 6.29. The lowest BCUT2D eigenvalue weighted by molar-refractivity contribution is -0.394. The number of nitro benzene ring substituents is 2. The largest absolute Gasteiger partial charge is 0.450 e. The number of hydrogen-bond acceptors (Lipinski definition) is 8. The summed E-state index contributed by atoms with van der Waals surface area (Å²) in [6, 6.07) is 22.2. The fourth-order valence-corrected chi connectivity index (χ4v) is 7.00. The molecule has 1 aliphatic heterocycles. The molecule has 6 rings (SSSR count). The van der Waals surface area contributed by atoms with E-state index in [1.807, 2.05) is 73.4 Å². The molecule has 4 aromatic rings. The topological polar surface area (TPSA) is 133 Å². The fraction of sp³-hybridized carbons (Fsp3) is 0.235. The number of benzene rings is 3. The van der Waals surface area contributed by atoms with Gasteiger partial charge in [-0.25, -0.2) is 4.99 Å². The zero-order valence-electron chi connectivity index (χ0n) is 25.3. The number of aryl methyl sites for hydroxylation is 1. The number of thioether (sulfide) groups is 1. The van der Waals surface area contributed by atoms with Crippen molar-refractivity contribution in [1.82, 2.24) is 9.47 Å². The summed E-state index contributed by atoms with van der Waals surface area (Å²) in [5.74, 6) is 0.228. The van der Waals surface area contributed by atoms with Crippen LogP contribution in [0.5, 0.6) is 11.5 Å². The standard InChI is InChI=1S/C34H31N5O6S/c1-22-19-24(20-32-33(40)37(26-11-7-4-8-12-26)34(46-32)35-25-9-5-3-6-10-25)23(2)36(22)27-13-16-29(17-14-27)45-31-18-15-28(38(41)42)21-30(31)39(43)44/h3,5-6,9-10,13-21,26H,4,7-8,11-12H2,1-2H3/b32-20-,35-34?. The Morgan fingerprint density at radius 2 is 1.63 bits per heavy atom. The van der Waals surface area contributed by atoms with Crippen LogP contribution in [-0.2, 0) is 4.79 Å². The molecule has 1 saturated heterocycles. The molecule has 0 radical (unpaired) electrons. The van der Waals surface area contributed by atoms with Gasteiger partial charge in [0, 0.05) is 29.2 Å². The van der Waals surface area contributed by atoms with Crippen LogP contribution in [0.2, 0.25) is 0 Å². The quantitative estimate of drug-likeness (QED) is 0.107. The van der Waals surface area contributed by atoms with Gasteiger partial charge in [-0.05, 0) is 98.6 Å². The van der Waals surface area contributed by atoms with Crippen molar-refractivity contribution in [2.75, 3.05) is 0 Å². The average molecular weight is 638 g/mol. The van der Waals surface area contributed by atoms with E-state index in [0.717, 1.165) is 66.1 Å². The number of amidine groups is 1. The summed E-state index contributed by atoms with van der Waals surface area (Å²) >= 11 is 1.41. The molecule has 12 heteroatoms. The van der Waals surface area contributed by atoms with Crippen LogP contribution in [0, 0.1) is 34.1 Å². The maximum absolute atomic E-state index is 13.8. The van der Waals surface area contributed by atoms with Crippen LogP contribution < -0.4 is 4.74 Å². The number of hydrogen-bond donors (Lipinski definition) is 0. The average Bonchev–Trinajstić information content (AvgIpc) is 3.51. The van der Waals surface area contributed by atoms with Gasteiger partial charge < -0.3 is 9.30 Å². The molecule has 0 N–H and O–H groups in total.